The molecule has 1 heterocycles. The summed E-state index contributed by atoms with van der Waals surface area (Å²) in [6.07, 6.45) is 0. The Morgan fingerprint density at radius 2 is 1.67 bits per heavy atom. The molecule has 1 rings (SSSR count). The molecule has 1 aromatic heterocycles. The molecule has 2 heteroatoms. The van der Waals surface area contributed by atoms with Gasteiger partial charge in [-0.25, -0.2) is 0 Å². The summed E-state index contributed by atoms with van der Waals surface area (Å²) in [6, 6.07) is 3.15. The highest BCUT2D eigenvalue weighted by Crippen LogP contribution is 1.95. The van der Waals surface area contributed by atoms with E-state index in [-0.39, 0.29) is 5.43 Å². The van der Waals surface area contributed by atoms with Gasteiger partial charge in [-0.1, -0.05) is 0 Å². The molecule has 0 fully saturated rings. The van der Waals surface area contributed by atoms with Gasteiger partial charge in [-0.3, -0.25) is 4.79 Å². The summed E-state index contributed by atoms with van der Waals surface area (Å²) in [6.45, 7) is 3.60. The molecule has 0 aliphatic carbocycles. The molecule has 0 aliphatic rings. The molecule has 0 amide bonds. The smallest absolute Gasteiger partial charge is 0.346 e. The van der Waals surface area contributed by atoms with Crippen molar-refractivity contribution >= 4 is 0 Å². The van der Waals surface area contributed by atoms with Crippen molar-refractivity contribution in [2.45, 2.75) is 13.8 Å². The van der Waals surface area contributed by atoms with Crippen molar-refractivity contribution in [3.8, 4) is 0 Å². The van der Waals surface area contributed by atoms with Gasteiger partial charge in [0.05, 0.1) is 12.1 Å². The molecule has 2 nitrogen and oxygen atoms in total. The fourth-order valence-electron chi connectivity index (χ4n) is 0.771. The zero-order chi connectivity index (χ0) is 6.85. The average Bonchev–Trinajstić information content (AvgIpc) is 1.59. The first-order chi connectivity index (χ1) is 4.18. The van der Waals surface area contributed by atoms with Gasteiger partial charge in [0.15, 0.2) is 0 Å². The highest BCUT2D eigenvalue weighted by molar-refractivity contribution is 5.00. The molecular formula is C7H9O2+. The van der Waals surface area contributed by atoms with Gasteiger partial charge in [0.2, 0.25) is 0 Å². The lowest BCUT2D eigenvalue weighted by molar-refractivity contribution is 0.469. The van der Waals surface area contributed by atoms with Crippen molar-refractivity contribution in [3.05, 3.63) is 29.1 Å². The fourth-order valence-corrected chi connectivity index (χ4v) is 0.771. The Hall–Kier alpha value is -1.05. The Morgan fingerprint density at radius 1 is 1.22 bits per heavy atom. The zero-order valence-electron chi connectivity index (χ0n) is 5.51. The summed E-state index contributed by atoms with van der Waals surface area (Å²) in [5.41, 5.74) is 0.260. The van der Waals surface area contributed by atoms with Crippen LogP contribution >= 0.6 is 0 Å². The van der Waals surface area contributed by atoms with Crippen LogP contribution in [0.15, 0.2) is 16.5 Å². The molecule has 0 unspecified atom stereocenters. The molecule has 0 atom stereocenters. The molecule has 0 radical (unpaired) electrons. The molecule has 1 N–H and O–H groups in total. The predicted octanol–water partition coefficient (Wildman–Crippen LogP) is 0.901. The summed E-state index contributed by atoms with van der Waals surface area (Å²) in [7, 11) is 0. The van der Waals surface area contributed by atoms with Crippen LogP contribution in [0, 0.1) is 13.8 Å². The number of aryl methyl sites for hydroxylation is 2. The van der Waals surface area contributed by atoms with E-state index in [1.54, 1.807) is 26.0 Å². The molecule has 48 valence electrons. The highest BCUT2D eigenvalue weighted by atomic mass is 16.3. The first-order valence-corrected chi connectivity index (χ1v) is 2.79. The van der Waals surface area contributed by atoms with Crippen LogP contribution in [0.2, 0.25) is 0 Å². The third kappa shape index (κ3) is 1.42. The SMILES string of the molecule is Cc1cc(=[OH+])cc(C)o1. The molecule has 0 aromatic carbocycles. The lowest BCUT2D eigenvalue weighted by atomic mass is 10.4. The van der Waals surface area contributed by atoms with E-state index >= 15 is 0 Å². The summed E-state index contributed by atoms with van der Waals surface area (Å²) < 4.78 is 5.10. The standard InChI is InChI=1S/C7H8O2/c1-5-3-7(8)4-6(2)9-5/h3-4H,1-2H3/p+1. The third-order valence-corrected chi connectivity index (χ3v) is 1.02. The maximum atomic E-state index is 8.93. The van der Waals surface area contributed by atoms with Crippen LogP contribution in [0.5, 0.6) is 0 Å². The van der Waals surface area contributed by atoms with E-state index in [2.05, 4.69) is 0 Å². The zero-order valence-corrected chi connectivity index (χ0v) is 5.51. The van der Waals surface area contributed by atoms with Gasteiger partial charge in [0.25, 0.3) is 0 Å². The van der Waals surface area contributed by atoms with Crippen LogP contribution in [0.1, 0.15) is 11.5 Å². The quantitative estimate of drug-likeness (QED) is 0.474. The maximum Gasteiger partial charge on any atom is 0.346 e. The van der Waals surface area contributed by atoms with E-state index in [4.69, 9.17) is 9.21 Å². The summed E-state index contributed by atoms with van der Waals surface area (Å²) in [4.78, 5) is 8.93. The topological polar surface area (TPSA) is 34.5 Å². The van der Waals surface area contributed by atoms with Crippen molar-refractivity contribution in [3.63, 3.8) is 0 Å². The van der Waals surface area contributed by atoms with E-state index in [9.17, 15) is 0 Å². The van der Waals surface area contributed by atoms with Gasteiger partial charge in [-0.15, -0.1) is 0 Å². The van der Waals surface area contributed by atoms with Gasteiger partial charge in [0.1, 0.15) is 11.5 Å². The van der Waals surface area contributed by atoms with E-state index in [0.717, 1.165) is 11.5 Å². The minimum atomic E-state index is 0.260. The normalized spacial score (nSPS) is 9.56. The Kier molecular flexibility index (Phi) is 1.39. The largest absolute Gasteiger partial charge is 0.466 e. The number of hydrogen-bond acceptors (Lipinski definition) is 1. The van der Waals surface area contributed by atoms with Gasteiger partial charge < -0.3 is 4.42 Å². The lowest BCUT2D eigenvalue weighted by Gasteiger charge is -1.88. The number of rotatable bonds is 0. The van der Waals surface area contributed by atoms with Crippen LogP contribution < -0.4 is 5.43 Å². The number of hydrogen-bond donors (Lipinski definition) is 0. The van der Waals surface area contributed by atoms with Crippen LogP contribution in [0.25, 0.3) is 0 Å². The Labute approximate surface area is 53.1 Å². The van der Waals surface area contributed by atoms with Gasteiger partial charge in [-0.2, -0.15) is 0 Å². The predicted molar refractivity (Wildman–Crippen MR) is 33.3 cm³/mol. The Morgan fingerprint density at radius 3 is 2.00 bits per heavy atom. The molecule has 0 bridgehead atoms. The summed E-state index contributed by atoms with van der Waals surface area (Å²) in [5.74, 6) is 1.46. The van der Waals surface area contributed by atoms with Crippen molar-refractivity contribution < 1.29 is 9.21 Å². The summed E-state index contributed by atoms with van der Waals surface area (Å²) >= 11 is 0. The molecular weight excluding hydrogens is 116 g/mol. The van der Waals surface area contributed by atoms with Crippen molar-refractivity contribution in [1.29, 1.82) is 0 Å². The van der Waals surface area contributed by atoms with E-state index < -0.39 is 0 Å². The highest BCUT2D eigenvalue weighted by Gasteiger charge is 1.94. The molecule has 0 saturated heterocycles. The second-order valence-electron chi connectivity index (χ2n) is 2.04. The van der Waals surface area contributed by atoms with Crippen LogP contribution in [-0.4, -0.2) is 4.79 Å². The lowest BCUT2D eigenvalue weighted by Crippen LogP contribution is -1.99. The van der Waals surface area contributed by atoms with E-state index in [1.807, 2.05) is 0 Å². The Bertz CT molecular complexity index is 237. The second kappa shape index (κ2) is 2.05. The van der Waals surface area contributed by atoms with Crippen LogP contribution in [0.3, 0.4) is 0 Å². The van der Waals surface area contributed by atoms with Crippen molar-refractivity contribution in [2.24, 2.45) is 0 Å². The monoisotopic (exact) mass is 125 g/mol. The van der Waals surface area contributed by atoms with Crippen LogP contribution in [0.4, 0.5) is 0 Å². The molecule has 0 saturated carbocycles. The molecule has 0 spiro atoms. The van der Waals surface area contributed by atoms with E-state index in [1.165, 1.54) is 0 Å². The maximum absolute atomic E-state index is 8.93. The first kappa shape index (κ1) is 6.08. The second-order valence-corrected chi connectivity index (χ2v) is 2.04. The molecule has 9 heavy (non-hydrogen) atoms. The van der Waals surface area contributed by atoms with Gasteiger partial charge >= 0.3 is 5.43 Å². The molecule has 1 aromatic rings. The minimum absolute atomic E-state index is 0.260. The van der Waals surface area contributed by atoms with E-state index in [0.29, 0.717) is 0 Å². The minimum Gasteiger partial charge on any atom is -0.466 e. The van der Waals surface area contributed by atoms with Crippen molar-refractivity contribution in [1.82, 2.24) is 0 Å². The van der Waals surface area contributed by atoms with Crippen LogP contribution in [-0.2, 0) is 0 Å². The van der Waals surface area contributed by atoms with Crippen molar-refractivity contribution in [2.75, 3.05) is 0 Å². The first-order valence-electron chi connectivity index (χ1n) is 2.79. The van der Waals surface area contributed by atoms with Gasteiger partial charge in [0, 0.05) is 0 Å². The van der Waals surface area contributed by atoms with Gasteiger partial charge in [-0.05, 0) is 13.8 Å². The Balaban J connectivity index is 3.33. The fraction of sp³-hybridized carbons (Fsp3) is 0.286. The third-order valence-electron chi connectivity index (χ3n) is 1.02. The average molecular weight is 125 g/mol. The molecule has 0 aliphatic heterocycles. The summed E-state index contributed by atoms with van der Waals surface area (Å²) in [5, 5.41) is 0.